The molecule has 0 aromatic heterocycles. The summed E-state index contributed by atoms with van der Waals surface area (Å²) in [7, 11) is -3.87. The molecule has 24 heavy (non-hydrogen) atoms. The largest absolute Gasteiger partial charge is 0.345 e. The smallest absolute Gasteiger partial charge is 0.252 e. The number of carbonyl (C=O) groups is 1. The lowest BCUT2D eigenvalue weighted by molar-refractivity contribution is 0.0933. The van der Waals surface area contributed by atoms with Crippen molar-refractivity contribution in [3.63, 3.8) is 0 Å². The Morgan fingerprint density at radius 2 is 1.88 bits per heavy atom. The summed E-state index contributed by atoms with van der Waals surface area (Å²) in [4.78, 5) is 12.5. The van der Waals surface area contributed by atoms with Gasteiger partial charge in [-0.25, -0.2) is 13.6 Å². The Hall–Kier alpha value is -1.70. The van der Waals surface area contributed by atoms with Crippen LogP contribution in [0.1, 0.15) is 41.7 Å². The second-order valence-electron chi connectivity index (χ2n) is 5.41. The van der Waals surface area contributed by atoms with Gasteiger partial charge in [0.05, 0.1) is 16.5 Å². The van der Waals surface area contributed by atoms with Gasteiger partial charge in [0.25, 0.3) is 5.91 Å². The number of hydrogen-bond acceptors (Lipinski definition) is 3. The zero-order valence-corrected chi connectivity index (χ0v) is 15.6. The summed E-state index contributed by atoms with van der Waals surface area (Å²) >= 11 is 3.29. The second kappa shape index (κ2) is 7.92. The summed E-state index contributed by atoms with van der Waals surface area (Å²) in [5.41, 5.74) is 1.24. The van der Waals surface area contributed by atoms with Crippen molar-refractivity contribution in [3.8, 4) is 0 Å². The van der Waals surface area contributed by atoms with Crippen molar-refractivity contribution in [2.45, 2.75) is 30.7 Å². The van der Waals surface area contributed by atoms with Crippen molar-refractivity contribution in [2.24, 2.45) is 5.14 Å². The van der Waals surface area contributed by atoms with E-state index in [1.165, 1.54) is 18.2 Å². The quantitative estimate of drug-likeness (QED) is 0.764. The van der Waals surface area contributed by atoms with E-state index in [2.05, 4.69) is 21.2 Å². The minimum atomic E-state index is -3.87. The van der Waals surface area contributed by atoms with Crippen molar-refractivity contribution in [1.29, 1.82) is 0 Å². The van der Waals surface area contributed by atoms with E-state index in [-0.39, 0.29) is 22.4 Å². The maximum absolute atomic E-state index is 12.6. The number of carbonyl (C=O) groups excluding carboxylic acids is 1. The summed E-state index contributed by atoms with van der Waals surface area (Å²) in [6, 6.07) is 13.7. The fourth-order valence-electron chi connectivity index (χ4n) is 2.39. The van der Waals surface area contributed by atoms with E-state index in [1.807, 2.05) is 37.3 Å². The van der Waals surface area contributed by atoms with Gasteiger partial charge in [-0.1, -0.05) is 43.7 Å². The SMILES string of the molecule is CCC[C@@H](NC(=O)c1cc(S(N)(=O)=O)ccc1Br)c1ccccc1. The van der Waals surface area contributed by atoms with E-state index < -0.39 is 10.0 Å². The molecule has 2 rings (SSSR count). The molecule has 0 unspecified atom stereocenters. The molecular weight excluding hydrogens is 392 g/mol. The minimum absolute atomic E-state index is 0.0948. The molecule has 0 bridgehead atoms. The predicted octanol–water partition coefficient (Wildman–Crippen LogP) is 3.37. The van der Waals surface area contributed by atoms with Crippen LogP contribution in [-0.4, -0.2) is 14.3 Å². The van der Waals surface area contributed by atoms with E-state index in [0.717, 1.165) is 18.4 Å². The Morgan fingerprint density at radius 1 is 1.21 bits per heavy atom. The van der Waals surface area contributed by atoms with Crippen LogP contribution in [0.3, 0.4) is 0 Å². The van der Waals surface area contributed by atoms with Gasteiger partial charge < -0.3 is 5.32 Å². The summed E-state index contributed by atoms with van der Waals surface area (Å²) in [5, 5.41) is 8.11. The van der Waals surface area contributed by atoms with Gasteiger partial charge >= 0.3 is 0 Å². The minimum Gasteiger partial charge on any atom is -0.345 e. The van der Waals surface area contributed by atoms with Gasteiger partial charge in [0.15, 0.2) is 0 Å². The highest BCUT2D eigenvalue weighted by Gasteiger charge is 2.19. The molecule has 3 N–H and O–H groups in total. The number of sulfonamides is 1. The van der Waals surface area contributed by atoms with Crippen molar-refractivity contribution < 1.29 is 13.2 Å². The zero-order chi connectivity index (χ0) is 17.7. The van der Waals surface area contributed by atoms with E-state index in [9.17, 15) is 13.2 Å². The number of primary sulfonamides is 1. The average molecular weight is 411 g/mol. The normalized spacial score (nSPS) is 12.6. The molecule has 0 aliphatic heterocycles. The summed E-state index contributed by atoms with van der Waals surface area (Å²) in [5.74, 6) is -0.352. The molecule has 0 aliphatic rings. The monoisotopic (exact) mass is 410 g/mol. The first-order chi connectivity index (χ1) is 11.3. The highest BCUT2D eigenvalue weighted by molar-refractivity contribution is 9.10. The van der Waals surface area contributed by atoms with Crippen LogP contribution in [-0.2, 0) is 10.0 Å². The van der Waals surface area contributed by atoms with Gasteiger partial charge in [-0.2, -0.15) is 0 Å². The molecule has 2 aromatic carbocycles. The molecule has 1 amide bonds. The lowest BCUT2D eigenvalue weighted by Gasteiger charge is -2.19. The van der Waals surface area contributed by atoms with Crippen LogP contribution in [0, 0.1) is 0 Å². The summed E-state index contributed by atoms with van der Waals surface area (Å²) in [6.45, 7) is 2.04. The first kappa shape index (κ1) is 18.6. The third kappa shape index (κ3) is 4.66. The van der Waals surface area contributed by atoms with Crippen LogP contribution in [0.2, 0.25) is 0 Å². The Kier molecular flexibility index (Phi) is 6.15. The van der Waals surface area contributed by atoms with Gasteiger partial charge in [0, 0.05) is 4.47 Å². The Balaban J connectivity index is 2.31. The summed E-state index contributed by atoms with van der Waals surface area (Å²) < 4.78 is 23.5. The van der Waals surface area contributed by atoms with Gasteiger partial charge in [-0.15, -0.1) is 0 Å². The first-order valence-electron chi connectivity index (χ1n) is 7.51. The van der Waals surface area contributed by atoms with Crippen LogP contribution in [0.25, 0.3) is 0 Å². The van der Waals surface area contributed by atoms with Gasteiger partial charge in [0.2, 0.25) is 10.0 Å². The number of halogens is 1. The molecule has 0 radical (unpaired) electrons. The molecule has 128 valence electrons. The average Bonchev–Trinajstić information content (AvgIpc) is 2.54. The first-order valence-corrected chi connectivity index (χ1v) is 9.85. The molecule has 7 heteroatoms. The highest BCUT2D eigenvalue weighted by Crippen LogP contribution is 2.23. The predicted molar refractivity (Wildman–Crippen MR) is 97.1 cm³/mol. The molecular formula is C17H19BrN2O3S. The molecule has 1 atom stereocenters. The number of nitrogens with two attached hydrogens (primary N) is 1. The standard InChI is InChI=1S/C17H19BrN2O3S/c1-2-6-16(12-7-4-3-5-8-12)20-17(21)14-11-13(24(19,22)23)9-10-15(14)18/h3-5,7-11,16H,2,6H2,1H3,(H,20,21)(H2,19,22,23)/t16-/m1/s1. The highest BCUT2D eigenvalue weighted by atomic mass is 79.9. The van der Waals surface area contributed by atoms with Crippen LogP contribution in [0.15, 0.2) is 57.9 Å². The lowest BCUT2D eigenvalue weighted by atomic mass is 10.0. The second-order valence-corrected chi connectivity index (χ2v) is 7.83. The van der Waals surface area contributed by atoms with Crippen LogP contribution < -0.4 is 10.5 Å². The van der Waals surface area contributed by atoms with Crippen LogP contribution >= 0.6 is 15.9 Å². The van der Waals surface area contributed by atoms with Crippen molar-refractivity contribution in [3.05, 3.63) is 64.1 Å². The topological polar surface area (TPSA) is 89.3 Å². The molecule has 0 spiro atoms. The molecule has 2 aromatic rings. The maximum Gasteiger partial charge on any atom is 0.252 e. The van der Waals surface area contributed by atoms with E-state index >= 15 is 0 Å². The number of nitrogens with one attached hydrogen (secondary N) is 1. The van der Waals surface area contributed by atoms with Crippen molar-refractivity contribution in [2.75, 3.05) is 0 Å². The molecule has 0 saturated carbocycles. The molecule has 0 saturated heterocycles. The third-order valence-corrected chi connectivity index (χ3v) is 5.20. The number of amides is 1. The van der Waals surface area contributed by atoms with Gasteiger partial charge in [-0.05, 0) is 46.1 Å². The maximum atomic E-state index is 12.6. The zero-order valence-electron chi connectivity index (χ0n) is 13.2. The van der Waals surface area contributed by atoms with Crippen molar-refractivity contribution >= 4 is 31.9 Å². The number of benzene rings is 2. The number of rotatable bonds is 6. The van der Waals surface area contributed by atoms with Crippen molar-refractivity contribution in [1.82, 2.24) is 5.32 Å². The van der Waals surface area contributed by atoms with Crippen LogP contribution in [0.5, 0.6) is 0 Å². The fourth-order valence-corrected chi connectivity index (χ4v) is 3.35. The molecule has 0 aliphatic carbocycles. The van der Waals surface area contributed by atoms with Gasteiger partial charge in [0.1, 0.15) is 0 Å². The Bertz CT molecular complexity index is 823. The van der Waals surface area contributed by atoms with Crippen LogP contribution in [0.4, 0.5) is 0 Å². The lowest BCUT2D eigenvalue weighted by Crippen LogP contribution is -2.29. The molecule has 5 nitrogen and oxygen atoms in total. The van der Waals surface area contributed by atoms with E-state index in [0.29, 0.717) is 4.47 Å². The summed E-state index contributed by atoms with van der Waals surface area (Å²) in [6.07, 6.45) is 1.68. The third-order valence-electron chi connectivity index (χ3n) is 3.60. The molecule has 0 heterocycles. The fraction of sp³-hybridized carbons (Fsp3) is 0.235. The molecule has 0 fully saturated rings. The number of hydrogen-bond donors (Lipinski definition) is 2. The Morgan fingerprint density at radius 3 is 2.46 bits per heavy atom. The Labute approximate surface area is 150 Å². The van der Waals surface area contributed by atoms with Gasteiger partial charge in [-0.3, -0.25) is 4.79 Å². The van der Waals surface area contributed by atoms with E-state index in [4.69, 9.17) is 5.14 Å². The van der Waals surface area contributed by atoms with E-state index in [1.54, 1.807) is 0 Å².